The maximum absolute atomic E-state index is 12.1. The molecule has 1 fully saturated rings. The fraction of sp³-hybridized carbons (Fsp3) is 0.400. The summed E-state index contributed by atoms with van der Waals surface area (Å²) in [4.78, 5) is 37.0. The van der Waals surface area contributed by atoms with E-state index in [0.717, 1.165) is 16.2 Å². The topological polar surface area (TPSA) is 78.5 Å². The Morgan fingerprint density at radius 2 is 2.17 bits per heavy atom. The molecular formula is C15H18ClN3O3S. The standard InChI is InChI=1S/C15H18ClN3O3S/c1-9-3-4-11(10(16)7-9)17-13(20)8-19-14(21)12(5-6-23-2)18-15(19)22/h3-4,7,12H,5-6,8H2,1-2H3,(H,17,20)(H,18,22)/t12-/m1/s1. The van der Waals surface area contributed by atoms with Crippen LogP contribution < -0.4 is 10.6 Å². The summed E-state index contributed by atoms with van der Waals surface area (Å²) in [5.74, 6) is -0.0747. The number of nitrogens with one attached hydrogen (secondary N) is 2. The van der Waals surface area contributed by atoms with E-state index in [4.69, 9.17) is 11.6 Å². The number of thioether (sulfide) groups is 1. The molecule has 23 heavy (non-hydrogen) atoms. The molecule has 1 aliphatic rings. The van der Waals surface area contributed by atoms with E-state index in [0.29, 0.717) is 17.1 Å². The SMILES string of the molecule is CSCC[C@H]1NC(=O)N(CC(=O)Nc2ccc(C)cc2Cl)C1=O. The van der Waals surface area contributed by atoms with Gasteiger partial charge in [-0.3, -0.25) is 14.5 Å². The summed E-state index contributed by atoms with van der Waals surface area (Å²) in [6.45, 7) is 1.56. The molecule has 4 amide bonds. The van der Waals surface area contributed by atoms with Crippen molar-refractivity contribution < 1.29 is 14.4 Å². The van der Waals surface area contributed by atoms with E-state index in [1.165, 1.54) is 0 Å². The zero-order valence-electron chi connectivity index (χ0n) is 12.9. The molecule has 2 rings (SSSR count). The zero-order chi connectivity index (χ0) is 17.0. The van der Waals surface area contributed by atoms with Crippen molar-refractivity contribution in [3.05, 3.63) is 28.8 Å². The van der Waals surface area contributed by atoms with Crippen LogP contribution >= 0.6 is 23.4 Å². The first-order chi connectivity index (χ1) is 10.9. The van der Waals surface area contributed by atoms with Crippen LogP contribution in [0.2, 0.25) is 5.02 Å². The predicted octanol–water partition coefficient (Wildman–Crippen LogP) is 2.26. The molecule has 1 aliphatic heterocycles. The molecule has 1 aromatic carbocycles. The quantitative estimate of drug-likeness (QED) is 0.767. The van der Waals surface area contributed by atoms with E-state index >= 15 is 0 Å². The summed E-state index contributed by atoms with van der Waals surface area (Å²) in [6, 6.07) is 4.14. The van der Waals surface area contributed by atoms with Gasteiger partial charge in [0.25, 0.3) is 5.91 Å². The molecule has 0 aromatic heterocycles. The Bertz CT molecular complexity index is 638. The Balaban J connectivity index is 1.97. The lowest BCUT2D eigenvalue weighted by atomic mass is 10.2. The number of aryl methyl sites for hydroxylation is 1. The highest BCUT2D eigenvalue weighted by atomic mass is 35.5. The first-order valence-corrected chi connectivity index (χ1v) is 8.86. The molecule has 0 unspecified atom stereocenters. The van der Waals surface area contributed by atoms with Crippen molar-refractivity contribution in [2.24, 2.45) is 0 Å². The van der Waals surface area contributed by atoms with E-state index in [1.807, 2.05) is 19.2 Å². The highest BCUT2D eigenvalue weighted by Crippen LogP contribution is 2.22. The summed E-state index contributed by atoms with van der Waals surface area (Å²) < 4.78 is 0. The largest absolute Gasteiger partial charge is 0.326 e. The average molecular weight is 356 g/mol. The van der Waals surface area contributed by atoms with Crippen LogP contribution in [0, 0.1) is 6.92 Å². The van der Waals surface area contributed by atoms with Crippen LogP contribution in [0.1, 0.15) is 12.0 Å². The molecule has 1 heterocycles. The number of benzene rings is 1. The van der Waals surface area contributed by atoms with Crippen molar-refractivity contribution in [2.45, 2.75) is 19.4 Å². The molecule has 0 aliphatic carbocycles. The second kappa shape index (κ2) is 7.70. The van der Waals surface area contributed by atoms with Gasteiger partial charge in [0.2, 0.25) is 5.91 Å². The molecule has 0 radical (unpaired) electrons. The molecule has 1 aromatic rings. The van der Waals surface area contributed by atoms with E-state index < -0.39 is 18.0 Å². The summed E-state index contributed by atoms with van der Waals surface area (Å²) in [7, 11) is 0. The maximum Gasteiger partial charge on any atom is 0.325 e. The molecule has 2 N–H and O–H groups in total. The lowest BCUT2D eigenvalue weighted by Crippen LogP contribution is -2.38. The Morgan fingerprint density at radius 1 is 1.43 bits per heavy atom. The molecule has 0 bridgehead atoms. The summed E-state index contributed by atoms with van der Waals surface area (Å²) in [5, 5.41) is 5.62. The third-order valence-corrected chi connectivity index (χ3v) is 4.37. The Labute approximate surface area is 143 Å². The van der Waals surface area contributed by atoms with Gasteiger partial charge in [0.05, 0.1) is 10.7 Å². The van der Waals surface area contributed by atoms with Gasteiger partial charge in [-0.2, -0.15) is 11.8 Å². The van der Waals surface area contributed by atoms with Gasteiger partial charge >= 0.3 is 6.03 Å². The van der Waals surface area contributed by atoms with Crippen molar-refractivity contribution >= 4 is 46.9 Å². The van der Waals surface area contributed by atoms with Gasteiger partial charge in [0.15, 0.2) is 0 Å². The number of imide groups is 1. The number of urea groups is 1. The van der Waals surface area contributed by atoms with Gasteiger partial charge in [-0.25, -0.2) is 4.79 Å². The van der Waals surface area contributed by atoms with Crippen LogP contribution in [0.25, 0.3) is 0 Å². The average Bonchev–Trinajstić information content (AvgIpc) is 2.75. The Morgan fingerprint density at radius 3 is 2.83 bits per heavy atom. The molecular weight excluding hydrogens is 338 g/mol. The number of anilines is 1. The van der Waals surface area contributed by atoms with Crippen LogP contribution in [-0.4, -0.2) is 47.3 Å². The highest BCUT2D eigenvalue weighted by molar-refractivity contribution is 7.98. The summed E-state index contributed by atoms with van der Waals surface area (Å²) in [5.41, 5.74) is 1.42. The van der Waals surface area contributed by atoms with Gasteiger partial charge in [-0.1, -0.05) is 17.7 Å². The third kappa shape index (κ3) is 4.39. The number of nitrogens with zero attached hydrogens (tertiary/aromatic N) is 1. The van der Waals surface area contributed by atoms with Crippen LogP contribution in [0.3, 0.4) is 0 Å². The third-order valence-electron chi connectivity index (χ3n) is 3.42. The molecule has 0 spiro atoms. The smallest absolute Gasteiger partial charge is 0.325 e. The lowest BCUT2D eigenvalue weighted by molar-refractivity contribution is -0.130. The minimum Gasteiger partial charge on any atom is -0.326 e. The van der Waals surface area contributed by atoms with Gasteiger partial charge in [0.1, 0.15) is 12.6 Å². The minimum absolute atomic E-state index is 0.329. The fourth-order valence-electron chi connectivity index (χ4n) is 2.21. The number of hydrogen-bond donors (Lipinski definition) is 2. The normalized spacial score (nSPS) is 17.3. The Kier molecular flexibility index (Phi) is 5.90. The van der Waals surface area contributed by atoms with Crippen molar-refractivity contribution in [3.8, 4) is 0 Å². The summed E-state index contributed by atoms with van der Waals surface area (Å²) >= 11 is 7.65. The first-order valence-electron chi connectivity index (χ1n) is 7.09. The Hall–Kier alpha value is -1.73. The van der Waals surface area contributed by atoms with Crippen molar-refractivity contribution in [3.63, 3.8) is 0 Å². The van der Waals surface area contributed by atoms with Crippen LogP contribution in [0.15, 0.2) is 18.2 Å². The van der Waals surface area contributed by atoms with Crippen LogP contribution in [-0.2, 0) is 9.59 Å². The van der Waals surface area contributed by atoms with E-state index in [1.54, 1.807) is 23.9 Å². The lowest BCUT2D eigenvalue weighted by Gasteiger charge is -2.13. The van der Waals surface area contributed by atoms with Crippen molar-refractivity contribution in [1.29, 1.82) is 0 Å². The highest BCUT2D eigenvalue weighted by Gasteiger charge is 2.38. The molecule has 8 heteroatoms. The second-order valence-electron chi connectivity index (χ2n) is 5.24. The van der Waals surface area contributed by atoms with Crippen LogP contribution in [0.4, 0.5) is 10.5 Å². The van der Waals surface area contributed by atoms with Gasteiger partial charge in [-0.05, 0) is 43.0 Å². The molecule has 124 valence electrons. The number of amides is 4. The second-order valence-corrected chi connectivity index (χ2v) is 6.63. The number of carbonyl (C=O) groups excluding carboxylic acids is 3. The minimum atomic E-state index is -0.550. The van der Waals surface area contributed by atoms with Crippen molar-refractivity contribution in [1.82, 2.24) is 10.2 Å². The molecule has 1 atom stereocenters. The van der Waals surface area contributed by atoms with Crippen LogP contribution in [0.5, 0.6) is 0 Å². The van der Waals surface area contributed by atoms with E-state index in [2.05, 4.69) is 10.6 Å². The molecule has 0 saturated carbocycles. The van der Waals surface area contributed by atoms with Gasteiger partial charge in [0, 0.05) is 0 Å². The fourth-order valence-corrected chi connectivity index (χ4v) is 2.97. The molecule has 6 nitrogen and oxygen atoms in total. The molecule has 1 saturated heterocycles. The first kappa shape index (κ1) is 17.6. The number of rotatable bonds is 6. The number of carbonyl (C=O) groups is 3. The van der Waals surface area contributed by atoms with Gasteiger partial charge in [-0.15, -0.1) is 0 Å². The van der Waals surface area contributed by atoms with E-state index in [-0.39, 0.29) is 12.5 Å². The number of halogens is 1. The monoisotopic (exact) mass is 355 g/mol. The van der Waals surface area contributed by atoms with E-state index in [9.17, 15) is 14.4 Å². The zero-order valence-corrected chi connectivity index (χ0v) is 14.5. The maximum atomic E-state index is 12.1. The number of hydrogen-bond acceptors (Lipinski definition) is 4. The summed E-state index contributed by atoms with van der Waals surface area (Å²) in [6.07, 6.45) is 2.48. The predicted molar refractivity (Wildman–Crippen MR) is 91.9 cm³/mol. The van der Waals surface area contributed by atoms with Crippen molar-refractivity contribution in [2.75, 3.05) is 23.9 Å². The van der Waals surface area contributed by atoms with Gasteiger partial charge < -0.3 is 10.6 Å².